The molecule has 4 heteroatoms. The maximum absolute atomic E-state index is 12.1. The maximum Gasteiger partial charge on any atom is 0.223 e. The summed E-state index contributed by atoms with van der Waals surface area (Å²) in [7, 11) is 0. The van der Waals surface area contributed by atoms with Crippen LogP contribution < -0.4 is 11.1 Å². The van der Waals surface area contributed by atoms with E-state index in [0.29, 0.717) is 19.0 Å². The molecule has 18 heavy (non-hydrogen) atoms. The van der Waals surface area contributed by atoms with Crippen molar-refractivity contribution in [2.24, 2.45) is 17.6 Å². The molecule has 2 rings (SSSR count). The summed E-state index contributed by atoms with van der Waals surface area (Å²) in [5, 5.41) is 3.01. The third-order valence-corrected chi connectivity index (χ3v) is 3.90. The SMILES string of the molecule is Cc1ccncc1CNC(=O)C1CCCC1CN. The van der Waals surface area contributed by atoms with E-state index < -0.39 is 0 Å². The molecule has 1 heterocycles. The average Bonchev–Trinajstić information content (AvgIpc) is 2.86. The predicted octanol–water partition coefficient (Wildman–Crippen LogP) is 1.38. The Morgan fingerprint density at radius 2 is 2.39 bits per heavy atom. The van der Waals surface area contributed by atoms with Crippen LogP contribution in [-0.2, 0) is 11.3 Å². The number of nitrogens with zero attached hydrogens (tertiary/aromatic N) is 1. The molecule has 0 bridgehead atoms. The van der Waals surface area contributed by atoms with Gasteiger partial charge in [-0.3, -0.25) is 9.78 Å². The molecule has 0 radical (unpaired) electrons. The van der Waals surface area contributed by atoms with E-state index in [-0.39, 0.29) is 11.8 Å². The smallest absolute Gasteiger partial charge is 0.223 e. The quantitative estimate of drug-likeness (QED) is 0.844. The highest BCUT2D eigenvalue weighted by molar-refractivity contribution is 5.79. The highest BCUT2D eigenvalue weighted by Crippen LogP contribution is 2.30. The Bertz CT molecular complexity index is 419. The molecule has 1 aliphatic rings. The molecule has 1 amide bonds. The third-order valence-electron chi connectivity index (χ3n) is 3.90. The average molecular weight is 247 g/mol. The van der Waals surface area contributed by atoms with Gasteiger partial charge in [0, 0.05) is 24.9 Å². The van der Waals surface area contributed by atoms with Crippen molar-refractivity contribution in [1.29, 1.82) is 0 Å². The van der Waals surface area contributed by atoms with Crippen LogP contribution in [0.2, 0.25) is 0 Å². The molecule has 2 unspecified atom stereocenters. The highest BCUT2D eigenvalue weighted by atomic mass is 16.1. The van der Waals surface area contributed by atoms with Crippen LogP contribution in [0.1, 0.15) is 30.4 Å². The fraction of sp³-hybridized carbons (Fsp3) is 0.571. The molecule has 1 aromatic rings. The summed E-state index contributed by atoms with van der Waals surface area (Å²) < 4.78 is 0. The summed E-state index contributed by atoms with van der Waals surface area (Å²) in [6, 6.07) is 1.96. The molecule has 0 aliphatic heterocycles. The number of hydrogen-bond donors (Lipinski definition) is 2. The lowest BCUT2D eigenvalue weighted by atomic mass is 9.95. The van der Waals surface area contributed by atoms with Crippen LogP contribution in [0.25, 0.3) is 0 Å². The van der Waals surface area contributed by atoms with Gasteiger partial charge in [0.25, 0.3) is 0 Å². The van der Waals surface area contributed by atoms with E-state index in [4.69, 9.17) is 5.73 Å². The normalized spacial score (nSPS) is 23.0. The second-order valence-corrected chi connectivity index (χ2v) is 5.05. The van der Waals surface area contributed by atoms with Gasteiger partial charge < -0.3 is 11.1 Å². The second kappa shape index (κ2) is 5.96. The van der Waals surface area contributed by atoms with Crippen molar-refractivity contribution in [3.05, 3.63) is 29.6 Å². The first-order valence-corrected chi connectivity index (χ1v) is 6.59. The van der Waals surface area contributed by atoms with E-state index in [9.17, 15) is 4.79 Å². The number of pyridine rings is 1. The van der Waals surface area contributed by atoms with Crippen LogP contribution >= 0.6 is 0 Å². The second-order valence-electron chi connectivity index (χ2n) is 5.05. The first-order chi connectivity index (χ1) is 8.72. The van der Waals surface area contributed by atoms with Gasteiger partial charge in [-0.25, -0.2) is 0 Å². The van der Waals surface area contributed by atoms with Gasteiger partial charge in [-0.1, -0.05) is 6.42 Å². The van der Waals surface area contributed by atoms with Crippen LogP contribution in [0.15, 0.2) is 18.5 Å². The van der Waals surface area contributed by atoms with E-state index in [1.54, 1.807) is 6.20 Å². The lowest BCUT2D eigenvalue weighted by Crippen LogP contribution is -2.34. The molecule has 1 aliphatic carbocycles. The zero-order valence-corrected chi connectivity index (χ0v) is 10.9. The number of aromatic nitrogens is 1. The molecule has 1 aromatic heterocycles. The Labute approximate surface area is 108 Å². The van der Waals surface area contributed by atoms with Gasteiger partial charge in [0.15, 0.2) is 0 Å². The van der Waals surface area contributed by atoms with Gasteiger partial charge in [-0.05, 0) is 49.4 Å². The van der Waals surface area contributed by atoms with E-state index in [1.165, 1.54) is 0 Å². The number of nitrogens with two attached hydrogens (primary N) is 1. The molecule has 0 spiro atoms. The fourth-order valence-electron chi connectivity index (χ4n) is 2.66. The molecule has 1 fully saturated rings. The van der Waals surface area contributed by atoms with Gasteiger partial charge in [-0.2, -0.15) is 0 Å². The summed E-state index contributed by atoms with van der Waals surface area (Å²) in [5.41, 5.74) is 7.94. The minimum Gasteiger partial charge on any atom is -0.352 e. The predicted molar refractivity (Wildman–Crippen MR) is 70.7 cm³/mol. The van der Waals surface area contributed by atoms with Gasteiger partial charge >= 0.3 is 0 Å². The molecule has 0 aromatic carbocycles. The first kappa shape index (κ1) is 13.0. The number of carbonyl (C=O) groups is 1. The topological polar surface area (TPSA) is 68.0 Å². The Hall–Kier alpha value is -1.42. The number of nitrogens with one attached hydrogen (secondary N) is 1. The Morgan fingerprint density at radius 1 is 1.56 bits per heavy atom. The van der Waals surface area contributed by atoms with E-state index in [1.807, 2.05) is 19.2 Å². The molecule has 2 atom stereocenters. The first-order valence-electron chi connectivity index (χ1n) is 6.59. The van der Waals surface area contributed by atoms with Crippen LogP contribution in [-0.4, -0.2) is 17.4 Å². The van der Waals surface area contributed by atoms with Crippen LogP contribution in [0.5, 0.6) is 0 Å². The highest BCUT2D eigenvalue weighted by Gasteiger charge is 2.31. The molecule has 0 saturated heterocycles. The number of hydrogen-bond acceptors (Lipinski definition) is 3. The number of amides is 1. The van der Waals surface area contributed by atoms with Crippen molar-refractivity contribution in [3.8, 4) is 0 Å². The summed E-state index contributed by atoms with van der Waals surface area (Å²) in [6.07, 6.45) is 6.75. The zero-order valence-electron chi connectivity index (χ0n) is 10.9. The van der Waals surface area contributed by atoms with Gasteiger partial charge in [0.1, 0.15) is 0 Å². The van der Waals surface area contributed by atoms with Crippen molar-refractivity contribution in [1.82, 2.24) is 10.3 Å². The molecule has 98 valence electrons. The lowest BCUT2D eigenvalue weighted by Gasteiger charge is -2.17. The van der Waals surface area contributed by atoms with Gasteiger partial charge in [0.05, 0.1) is 0 Å². The summed E-state index contributed by atoms with van der Waals surface area (Å²) >= 11 is 0. The van der Waals surface area contributed by atoms with Crippen LogP contribution in [0, 0.1) is 18.8 Å². The van der Waals surface area contributed by atoms with Crippen molar-refractivity contribution in [2.75, 3.05) is 6.54 Å². The molecular weight excluding hydrogens is 226 g/mol. The van der Waals surface area contributed by atoms with Crippen LogP contribution in [0.3, 0.4) is 0 Å². The van der Waals surface area contributed by atoms with E-state index in [2.05, 4.69) is 10.3 Å². The monoisotopic (exact) mass is 247 g/mol. The largest absolute Gasteiger partial charge is 0.352 e. The minimum atomic E-state index is 0.104. The van der Waals surface area contributed by atoms with E-state index in [0.717, 1.165) is 30.4 Å². The summed E-state index contributed by atoms with van der Waals surface area (Å²) in [4.78, 5) is 16.2. The number of rotatable bonds is 4. The summed E-state index contributed by atoms with van der Waals surface area (Å²) in [6.45, 7) is 3.21. The Balaban J connectivity index is 1.90. The number of carbonyl (C=O) groups excluding carboxylic acids is 1. The third kappa shape index (κ3) is 2.88. The Morgan fingerprint density at radius 3 is 3.11 bits per heavy atom. The van der Waals surface area contributed by atoms with Crippen molar-refractivity contribution >= 4 is 5.91 Å². The zero-order chi connectivity index (χ0) is 13.0. The molecular formula is C14H21N3O. The van der Waals surface area contributed by atoms with Crippen molar-refractivity contribution < 1.29 is 4.79 Å². The summed E-state index contributed by atoms with van der Waals surface area (Å²) in [5.74, 6) is 0.609. The molecule has 4 nitrogen and oxygen atoms in total. The fourth-order valence-corrected chi connectivity index (χ4v) is 2.66. The molecule has 3 N–H and O–H groups in total. The van der Waals surface area contributed by atoms with Crippen molar-refractivity contribution in [3.63, 3.8) is 0 Å². The number of aryl methyl sites for hydroxylation is 1. The van der Waals surface area contributed by atoms with Gasteiger partial charge in [-0.15, -0.1) is 0 Å². The van der Waals surface area contributed by atoms with E-state index >= 15 is 0 Å². The van der Waals surface area contributed by atoms with Crippen molar-refractivity contribution in [2.45, 2.75) is 32.7 Å². The van der Waals surface area contributed by atoms with Crippen LogP contribution in [0.4, 0.5) is 0 Å². The minimum absolute atomic E-state index is 0.104. The van der Waals surface area contributed by atoms with Gasteiger partial charge in [0.2, 0.25) is 5.91 Å². The molecule has 1 saturated carbocycles. The Kier molecular flexibility index (Phi) is 4.31. The maximum atomic E-state index is 12.1. The standard InChI is InChI=1S/C14H21N3O/c1-10-5-6-16-8-12(10)9-17-14(18)13-4-2-3-11(13)7-15/h5-6,8,11,13H,2-4,7,9,15H2,1H3,(H,17,18). The lowest BCUT2D eigenvalue weighted by molar-refractivity contribution is -0.126.